The zero-order valence-electron chi connectivity index (χ0n) is 22.9. The van der Waals surface area contributed by atoms with Gasteiger partial charge in [0, 0.05) is 60.4 Å². The van der Waals surface area contributed by atoms with Crippen molar-refractivity contribution in [2.75, 3.05) is 39.3 Å². The van der Waals surface area contributed by atoms with Crippen LogP contribution in [-0.2, 0) is 9.59 Å². The molecule has 3 fully saturated rings. The Labute approximate surface area is 207 Å². The van der Waals surface area contributed by atoms with Crippen molar-refractivity contribution in [3.63, 3.8) is 0 Å². The highest BCUT2D eigenvalue weighted by atomic mass is 16.2. The molecule has 4 N–H and O–H groups in total. The lowest BCUT2D eigenvalue weighted by molar-refractivity contribution is -0.126. The molecule has 3 saturated heterocycles. The Hall–Kier alpha value is -1.22. The Morgan fingerprint density at radius 1 is 0.618 bits per heavy atom. The average Bonchev–Trinajstić information content (AvgIpc) is 2.57. The highest BCUT2D eigenvalue weighted by Gasteiger charge is 2.39. The molecule has 8 nitrogen and oxygen atoms in total. The molecule has 3 aliphatic rings. The van der Waals surface area contributed by atoms with Crippen LogP contribution in [0, 0.1) is 0 Å². The van der Waals surface area contributed by atoms with Gasteiger partial charge in [-0.1, -0.05) is 0 Å². The minimum Gasteiger partial charge on any atom is -0.352 e. The van der Waals surface area contributed by atoms with Crippen LogP contribution in [0.3, 0.4) is 0 Å². The summed E-state index contributed by atoms with van der Waals surface area (Å²) < 4.78 is 0. The van der Waals surface area contributed by atoms with E-state index in [-0.39, 0.29) is 46.1 Å². The number of rotatable bonds is 6. The number of carbonyl (C=O) groups is 2. The van der Waals surface area contributed by atoms with E-state index in [0.29, 0.717) is 13.1 Å². The molecular weight excluding hydrogens is 428 g/mol. The van der Waals surface area contributed by atoms with Crippen molar-refractivity contribution in [2.45, 2.75) is 115 Å². The van der Waals surface area contributed by atoms with E-state index in [1.165, 1.54) is 0 Å². The normalized spacial score (nSPS) is 27.8. The maximum Gasteiger partial charge on any atom is 0.234 e. The van der Waals surface area contributed by atoms with Gasteiger partial charge in [0.1, 0.15) is 0 Å². The van der Waals surface area contributed by atoms with Crippen LogP contribution in [0.2, 0.25) is 0 Å². The van der Waals surface area contributed by atoms with E-state index in [4.69, 9.17) is 0 Å². The van der Waals surface area contributed by atoms with Gasteiger partial charge < -0.3 is 21.3 Å². The third-order valence-electron chi connectivity index (χ3n) is 7.31. The Bertz CT molecular complexity index is 646. The molecule has 2 amide bonds. The lowest BCUT2D eigenvalue weighted by Gasteiger charge is -2.47. The van der Waals surface area contributed by atoms with Gasteiger partial charge in [0.05, 0.1) is 13.1 Å². The number of nitrogens with zero attached hydrogens (tertiary/aromatic N) is 2. The second-order valence-electron chi connectivity index (χ2n) is 13.7. The third-order valence-corrected chi connectivity index (χ3v) is 7.31. The number of piperidine rings is 2. The summed E-state index contributed by atoms with van der Waals surface area (Å²) in [5, 5.41) is 13.9. The summed E-state index contributed by atoms with van der Waals surface area (Å²) in [7, 11) is 0. The van der Waals surface area contributed by atoms with Crippen LogP contribution in [0.4, 0.5) is 0 Å². The molecule has 3 aliphatic heterocycles. The lowest BCUT2D eigenvalue weighted by atomic mass is 9.79. The maximum absolute atomic E-state index is 12.7. The largest absolute Gasteiger partial charge is 0.352 e. The van der Waals surface area contributed by atoms with Crippen LogP contribution in [0.15, 0.2) is 0 Å². The first-order valence-corrected chi connectivity index (χ1v) is 13.1. The van der Waals surface area contributed by atoms with E-state index in [2.05, 4.69) is 86.5 Å². The van der Waals surface area contributed by atoms with Gasteiger partial charge in [-0.15, -0.1) is 0 Å². The van der Waals surface area contributed by atoms with Crippen LogP contribution >= 0.6 is 0 Å². The van der Waals surface area contributed by atoms with E-state index < -0.39 is 0 Å². The first kappa shape index (κ1) is 27.4. The van der Waals surface area contributed by atoms with E-state index >= 15 is 0 Å². The van der Waals surface area contributed by atoms with Gasteiger partial charge in [0.15, 0.2) is 0 Å². The predicted octanol–water partition coefficient (Wildman–Crippen LogP) is 1.45. The summed E-state index contributed by atoms with van der Waals surface area (Å²) in [4.78, 5) is 29.9. The summed E-state index contributed by atoms with van der Waals surface area (Å²) in [6, 6.07) is 0.405. The molecule has 8 heteroatoms. The topological polar surface area (TPSA) is 88.7 Å². The predicted molar refractivity (Wildman–Crippen MR) is 138 cm³/mol. The molecule has 0 aromatic carbocycles. The van der Waals surface area contributed by atoms with Crippen molar-refractivity contribution >= 4 is 11.8 Å². The highest BCUT2D eigenvalue weighted by molar-refractivity contribution is 5.79. The van der Waals surface area contributed by atoms with Crippen LogP contribution in [-0.4, -0.2) is 95.1 Å². The molecular formula is C26H50N6O2. The van der Waals surface area contributed by atoms with Crippen LogP contribution in [0.5, 0.6) is 0 Å². The fourth-order valence-electron chi connectivity index (χ4n) is 6.91. The number of hydrogen-bond donors (Lipinski definition) is 4. The minimum atomic E-state index is 0.0194. The molecule has 3 rings (SSSR count). The number of carbonyl (C=O) groups excluding carboxylic acids is 2. The SMILES string of the molecule is CC1(C)CC(NC(=O)CN2CCN(CC(=O)NC3CC(C)(C)NC(C)(C)C3)CC2)CC(C)(C)N1. The molecule has 0 aliphatic carbocycles. The Morgan fingerprint density at radius 2 is 0.882 bits per heavy atom. The van der Waals surface area contributed by atoms with Gasteiger partial charge in [-0.2, -0.15) is 0 Å². The first-order chi connectivity index (χ1) is 15.5. The monoisotopic (exact) mass is 478 g/mol. The molecule has 0 saturated carbocycles. The summed E-state index contributed by atoms with van der Waals surface area (Å²) >= 11 is 0. The summed E-state index contributed by atoms with van der Waals surface area (Å²) in [6.45, 7) is 21.8. The fraction of sp³-hybridized carbons (Fsp3) is 0.923. The van der Waals surface area contributed by atoms with Crippen molar-refractivity contribution in [1.29, 1.82) is 0 Å². The van der Waals surface area contributed by atoms with Gasteiger partial charge in [0.2, 0.25) is 11.8 Å². The maximum atomic E-state index is 12.7. The van der Waals surface area contributed by atoms with E-state index in [1.807, 2.05) is 0 Å². The Morgan fingerprint density at radius 3 is 1.15 bits per heavy atom. The number of nitrogens with one attached hydrogen (secondary N) is 4. The minimum absolute atomic E-state index is 0.0194. The van der Waals surface area contributed by atoms with Crippen molar-refractivity contribution in [2.24, 2.45) is 0 Å². The third kappa shape index (κ3) is 8.47. The van der Waals surface area contributed by atoms with Gasteiger partial charge in [0.25, 0.3) is 0 Å². The number of amides is 2. The van der Waals surface area contributed by atoms with E-state index in [9.17, 15) is 9.59 Å². The zero-order chi connectivity index (χ0) is 25.4. The smallest absolute Gasteiger partial charge is 0.234 e. The number of hydrogen-bond acceptors (Lipinski definition) is 6. The van der Waals surface area contributed by atoms with Crippen molar-refractivity contribution < 1.29 is 9.59 Å². The second-order valence-corrected chi connectivity index (χ2v) is 13.7. The first-order valence-electron chi connectivity index (χ1n) is 13.1. The molecule has 196 valence electrons. The molecule has 0 unspecified atom stereocenters. The lowest BCUT2D eigenvalue weighted by Crippen LogP contribution is -2.63. The van der Waals surface area contributed by atoms with E-state index in [0.717, 1.165) is 51.9 Å². The van der Waals surface area contributed by atoms with Crippen LogP contribution in [0.1, 0.15) is 81.1 Å². The van der Waals surface area contributed by atoms with Crippen molar-refractivity contribution in [3.05, 3.63) is 0 Å². The van der Waals surface area contributed by atoms with Gasteiger partial charge in [-0.3, -0.25) is 19.4 Å². The zero-order valence-corrected chi connectivity index (χ0v) is 22.9. The van der Waals surface area contributed by atoms with Gasteiger partial charge >= 0.3 is 0 Å². The molecule has 0 bridgehead atoms. The molecule has 0 radical (unpaired) electrons. The average molecular weight is 479 g/mol. The van der Waals surface area contributed by atoms with Crippen molar-refractivity contribution in [1.82, 2.24) is 31.1 Å². The molecule has 0 aromatic heterocycles. The Balaban J connectivity index is 1.38. The molecule has 0 spiro atoms. The Kier molecular flexibility index (Phi) is 8.08. The van der Waals surface area contributed by atoms with Gasteiger partial charge in [-0.05, 0) is 81.1 Å². The quantitative estimate of drug-likeness (QED) is 0.462. The molecule has 0 aromatic rings. The van der Waals surface area contributed by atoms with E-state index in [1.54, 1.807) is 0 Å². The number of piperazine rings is 1. The summed E-state index contributed by atoms with van der Waals surface area (Å²) in [6.07, 6.45) is 3.76. The standard InChI is InChI=1S/C26H50N6O2/c1-23(2)13-19(14-24(3,4)29-23)27-21(33)17-31-9-11-32(12-10-31)18-22(34)28-20-15-25(5,6)30-26(7,8)16-20/h19-20,29-30H,9-18H2,1-8H3,(H,27,33)(H,28,34). The molecule has 3 heterocycles. The molecule has 0 atom stereocenters. The van der Waals surface area contributed by atoms with Crippen molar-refractivity contribution in [3.8, 4) is 0 Å². The summed E-state index contributed by atoms with van der Waals surface area (Å²) in [5.41, 5.74) is 0.0775. The van der Waals surface area contributed by atoms with Crippen LogP contribution in [0.25, 0.3) is 0 Å². The highest BCUT2D eigenvalue weighted by Crippen LogP contribution is 2.29. The van der Waals surface area contributed by atoms with Crippen LogP contribution < -0.4 is 21.3 Å². The second kappa shape index (κ2) is 10.0. The molecule has 34 heavy (non-hydrogen) atoms. The van der Waals surface area contributed by atoms with Gasteiger partial charge in [-0.25, -0.2) is 0 Å². The fourth-order valence-corrected chi connectivity index (χ4v) is 6.91. The summed E-state index contributed by atoms with van der Waals surface area (Å²) in [5.74, 6) is 0.224.